The maximum absolute atomic E-state index is 12.2. The van der Waals surface area contributed by atoms with E-state index in [4.69, 9.17) is 0 Å². The lowest BCUT2D eigenvalue weighted by atomic mass is 9.68. The van der Waals surface area contributed by atoms with Gasteiger partial charge in [0.1, 0.15) is 0 Å². The first-order valence-electron chi connectivity index (χ1n) is 9.26. The van der Waals surface area contributed by atoms with Gasteiger partial charge < -0.3 is 14.7 Å². The summed E-state index contributed by atoms with van der Waals surface area (Å²) in [6.07, 6.45) is 3.52. The van der Waals surface area contributed by atoms with Crippen molar-refractivity contribution >= 4 is 6.03 Å². The molecule has 24 heavy (non-hydrogen) atoms. The molecule has 1 aromatic carbocycles. The molecule has 132 valence electrons. The van der Waals surface area contributed by atoms with Gasteiger partial charge in [-0.2, -0.15) is 0 Å². The molecule has 2 heterocycles. The fourth-order valence-electron chi connectivity index (χ4n) is 4.51. The Labute approximate surface area is 146 Å². The molecule has 2 aliphatic rings. The van der Waals surface area contributed by atoms with Crippen LogP contribution in [0.15, 0.2) is 30.3 Å². The van der Waals surface area contributed by atoms with Crippen LogP contribution in [0.4, 0.5) is 4.79 Å². The van der Waals surface area contributed by atoms with E-state index in [-0.39, 0.29) is 6.03 Å². The number of hydrogen-bond acceptors (Lipinski definition) is 2. The predicted molar refractivity (Wildman–Crippen MR) is 98.2 cm³/mol. The van der Waals surface area contributed by atoms with Gasteiger partial charge in [-0.25, -0.2) is 4.79 Å². The molecular formula is C20H31N3O. The summed E-state index contributed by atoms with van der Waals surface area (Å²) in [5.74, 6) is 0.621. The molecule has 2 amide bonds. The summed E-state index contributed by atoms with van der Waals surface area (Å²) in [5.41, 5.74) is 1.85. The van der Waals surface area contributed by atoms with Crippen molar-refractivity contribution < 1.29 is 4.79 Å². The van der Waals surface area contributed by atoms with Crippen molar-refractivity contribution in [3.8, 4) is 0 Å². The standard InChI is InChI=1S/C20H31N3O/c1-4-22-15-18(17-8-6-5-7-9-17)14-20(16-22)10-12-23(13-11-20)19(24)21(2)3/h5-9,18H,4,10-16H2,1-3H3/t18-/m0/s1. The van der Waals surface area contributed by atoms with E-state index < -0.39 is 0 Å². The van der Waals surface area contributed by atoms with Crippen LogP contribution in [0, 0.1) is 5.41 Å². The first-order chi connectivity index (χ1) is 11.5. The molecule has 0 N–H and O–H groups in total. The van der Waals surface area contributed by atoms with Crippen molar-refractivity contribution in [3.63, 3.8) is 0 Å². The van der Waals surface area contributed by atoms with Crippen molar-refractivity contribution in [2.45, 2.75) is 32.1 Å². The molecule has 4 nitrogen and oxygen atoms in total. The van der Waals surface area contributed by atoms with Crippen LogP contribution in [0.2, 0.25) is 0 Å². The Morgan fingerprint density at radius 1 is 1.21 bits per heavy atom. The van der Waals surface area contributed by atoms with Gasteiger partial charge >= 0.3 is 6.03 Å². The third-order valence-corrected chi connectivity index (χ3v) is 5.91. The molecule has 0 saturated carbocycles. The van der Waals surface area contributed by atoms with Gasteiger partial charge in [-0.15, -0.1) is 0 Å². The number of likely N-dealkylation sites (tertiary alicyclic amines) is 2. The topological polar surface area (TPSA) is 26.8 Å². The van der Waals surface area contributed by atoms with Crippen molar-refractivity contribution in [2.24, 2.45) is 5.41 Å². The van der Waals surface area contributed by atoms with Crippen LogP contribution in [0.1, 0.15) is 37.7 Å². The fourth-order valence-corrected chi connectivity index (χ4v) is 4.51. The van der Waals surface area contributed by atoms with Crippen LogP contribution < -0.4 is 0 Å². The lowest BCUT2D eigenvalue weighted by Gasteiger charge is -2.50. The van der Waals surface area contributed by atoms with Crippen molar-refractivity contribution in [2.75, 3.05) is 46.8 Å². The largest absolute Gasteiger partial charge is 0.331 e. The van der Waals surface area contributed by atoms with Gasteiger partial charge in [0.15, 0.2) is 0 Å². The van der Waals surface area contributed by atoms with E-state index in [9.17, 15) is 4.79 Å². The molecule has 0 unspecified atom stereocenters. The average Bonchev–Trinajstić information content (AvgIpc) is 2.62. The van der Waals surface area contributed by atoms with Crippen molar-refractivity contribution in [1.29, 1.82) is 0 Å². The number of likely N-dealkylation sites (N-methyl/N-ethyl adjacent to an activating group) is 1. The zero-order chi connectivity index (χ0) is 17.2. The number of rotatable bonds is 2. The van der Waals surface area contributed by atoms with Gasteiger partial charge in [-0.1, -0.05) is 37.3 Å². The molecule has 2 aliphatic heterocycles. The number of benzene rings is 1. The van der Waals surface area contributed by atoms with Gasteiger partial charge in [0, 0.05) is 40.3 Å². The molecule has 0 aromatic heterocycles. The molecule has 0 bridgehead atoms. The molecule has 3 rings (SSSR count). The second-order valence-electron chi connectivity index (χ2n) is 7.80. The highest BCUT2D eigenvalue weighted by atomic mass is 16.2. The van der Waals surface area contributed by atoms with Crippen LogP contribution in [0.5, 0.6) is 0 Å². The molecule has 1 atom stereocenters. The van der Waals surface area contributed by atoms with Gasteiger partial charge in [-0.3, -0.25) is 0 Å². The zero-order valence-corrected chi connectivity index (χ0v) is 15.4. The Kier molecular flexibility index (Phi) is 5.14. The van der Waals surface area contributed by atoms with Crippen molar-refractivity contribution in [3.05, 3.63) is 35.9 Å². The highest BCUT2D eigenvalue weighted by molar-refractivity contribution is 5.73. The Bertz CT molecular complexity index is 549. The lowest BCUT2D eigenvalue weighted by Crippen LogP contribution is -2.53. The third-order valence-electron chi connectivity index (χ3n) is 5.91. The Morgan fingerprint density at radius 2 is 1.88 bits per heavy atom. The molecule has 0 radical (unpaired) electrons. The van der Waals surface area contributed by atoms with E-state index in [1.807, 2.05) is 19.0 Å². The minimum Gasteiger partial charge on any atom is -0.331 e. The predicted octanol–water partition coefficient (Wildman–Crippen LogP) is 3.26. The minimum absolute atomic E-state index is 0.160. The normalized spacial score (nSPS) is 24.1. The van der Waals surface area contributed by atoms with E-state index in [2.05, 4.69) is 42.2 Å². The monoisotopic (exact) mass is 329 g/mol. The molecule has 2 fully saturated rings. The molecule has 1 spiro atoms. The second kappa shape index (κ2) is 7.14. The van der Waals surface area contributed by atoms with E-state index >= 15 is 0 Å². The summed E-state index contributed by atoms with van der Waals surface area (Å²) < 4.78 is 0. The smallest absolute Gasteiger partial charge is 0.319 e. The number of urea groups is 1. The number of nitrogens with zero attached hydrogens (tertiary/aromatic N) is 3. The Morgan fingerprint density at radius 3 is 2.46 bits per heavy atom. The maximum atomic E-state index is 12.2. The quantitative estimate of drug-likeness (QED) is 0.833. The van der Waals surface area contributed by atoms with Crippen LogP contribution >= 0.6 is 0 Å². The fraction of sp³-hybridized carbons (Fsp3) is 0.650. The second-order valence-corrected chi connectivity index (χ2v) is 7.80. The van der Waals surface area contributed by atoms with E-state index in [0.717, 1.165) is 32.5 Å². The first-order valence-corrected chi connectivity index (χ1v) is 9.26. The number of hydrogen-bond donors (Lipinski definition) is 0. The maximum Gasteiger partial charge on any atom is 0.319 e. The average molecular weight is 329 g/mol. The number of amides is 2. The van der Waals surface area contributed by atoms with Gasteiger partial charge in [0.2, 0.25) is 0 Å². The van der Waals surface area contributed by atoms with Crippen molar-refractivity contribution in [1.82, 2.24) is 14.7 Å². The van der Waals surface area contributed by atoms with E-state index in [1.165, 1.54) is 25.1 Å². The van der Waals surface area contributed by atoms with Gasteiger partial charge in [-0.05, 0) is 42.7 Å². The summed E-state index contributed by atoms with van der Waals surface area (Å²) in [6.45, 7) is 7.54. The minimum atomic E-state index is 0.160. The van der Waals surface area contributed by atoms with E-state index in [0.29, 0.717) is 11.3 Å². The molecule has 0 aliphatic carbocycles. The summed E-state index contributed by atoms with van der Waals surface area (Å²) in [6, 6.07) is 11.1. The zero-order valence-electron chi connectivity index (χ0n) is 15.4. The van der Waals surface area contributed by atoms with Gasteiger partial charge in [0.25, 0.3) is 0 Å². The summed E-state index contributed by atoms with van der Waals surface area (Å²) in [7, 11) is 3.69. The number of piperidine rings is 2. The SMILES string of the molecule is CCN1C[C@@H](c2ccccc2)CC2(CCN(C(=O)N(C)C)CC2)C1. The van der Waals surface area contributed by atoms with Crippen LogP contribution in [-0.2, 0) is 0 Å². The van der Waals surface area contributed by atoms with Crippen LogP contribution in [0.25, 0.3) is 0 Å². The molecule has 1 aromatic rings. The highest BCUT2D eigenvalue weighted by Crippen LogP contribution is 2.45. The number of carbonyl (C=O) groups is 1. The third kappa shape index (κ3) is 3.59. The lowest BCUT2D eigenvalue weighted by molar-refractivity contribution is 0.0222. The molecule has 4 heteroatoms. The first kappa shape index (κ1) is 17.3. The summed E-state index contributed by atoms with van der Waals surface area (Å²) in [5, 5.41) is 0. The summed E-state index contributed by atoms with van der Waals surface area (Å²) >= 11 is 0. The molecular weight excluding hydrogens is 298 g/mol. The van der Waals surface area contributed by atoms with E-state index in [1.54, 1.807) is 4.90 Å². The highest BCUT2D eigenvalue weighted by Gasteiger charge is 2.42. The van der Waals surface area contributed by atoms with Crippen LogP contribution in [0.3, 0.4) is 0 Å². The van der Waals surface area contributed by atoms with Gasteiger partial charge in [0.05, 0.1) is 0 Å². The Balaban J connectivity index is 1.72. The van der Waals surface area contributed by atoms with Crippen LogP contribution in [-0.4, -0.2) is 67.5 Å². The number of carbonyl (C=O) groups excluding carboxylic acids is 1. The summed E-state index contributed by atoms with van der Waals surface area (Å²) in [4.78, 5) is 18.6. The Hall–Kier alpha value is -1.55. The molecule has 2 saturated heterocycles.